The minimum atomic E-state index is -0.639. The first-order valence-corrected chi connectivity index (χ1v) is 9.89. The molecule has 0 N–H and O–H groups in total. The fourth-order valence-corrected chi connectivity index (χ4v) is 3.66. The number of amides is 1. The van der Waals surface area contributed by atoms with Crippen LogP contribution in [0.2, 0.25) is 10.0 Å². The molecule has 1 aliphatic heterocycles. The van der Waals surface area contributed by atoms with Gasteiger partial charge in [0.2, 0.25) is 0 Å². The highest BCUT2D eigenvalue weighted by atomic mass is 35.5. The summed E-state index contributed by atoms with van der Waals surface area (Å²) >= 11 is 12.0. The molecule has 1 unspecified atom stereocenters. The number of halogens is 2. The van der Waals surface area contributed by atoms with E-state index < -0.39 is 6.10 Å². The van der Waals surface area contributed by atoms with E-state index >= 15 is 0 Å². The molecule has 5 nitrogen and oxygen atoms in total. The highest BCUT2D eigenvalue weighted by Crippen LogP contribution is 2.28. The Kier molecular flexibility index (Phi) is 6.66. The van der Waals surface area contributed by atoms with Gasteiger partial charge in [-0.25, -0.2) is 0 Å². The molecule has 1 fully saturated rings. The van der Waals surface area contributed by atoms with E-state index in [4.69, 9.17) is 33.2 Å². The normalized spacial score (nSPS) is 15.5. The number of nitrogens with zero attached hydrogens (tertiary/aromatic N) is 3. The van der Waals surface area contributed by atoms with E-state index in [1.807, 2.05) is 29.2 Å². The van der Waals surface area contributed by atoms with Crippen LogP contribution in [-0.2, 0) is 4.79 Å². The van der Waals surface area contributed by atoms with Crippen molar-refractivity contribution >= 4 is 34.8 Å². The van der Waals surface area contributed by atoms with Crippen molar-refractivity contribution in [3.05, 3.63) is 58.1 Å². The van der Waals surface area contributed by atoms with Crippen LogP contribution in [0.15, 0.2) is 42.5 Å². The second kappa shape index (κ2) is 9.18. The zero-order chi connectivity index (χ0) is 20.1. The number of ether oxygens (including phenoxy) is 1. The van der Waals surface area contributed by atoms with Gasteiger partial charge in [0.1, 0.15) is 5.75 Å². The Balaban J connectivity index is 1.60. The van der Waals surface area contributed by atoms with Crippen LogP contribution in [0.1, 0.15) is 18.9 Å². The summed E-state index contributed by atoms with van der Waals surface area (Å²) in [5.74, 6) is 0.383. The van der Waals surface area contributed by atoms with Crippen LogP contribution in [-0.4, -0.2) is 43.1 Å². The van der Waals surface area contributed by atoms with E-state index in [1.165, 1.54) is 0 Å². The maximum absolute atomic E-state index is 12.8. The zero-order valence-corrected chi connectivity index (χ0v) is 17.1. The van der Waals surface area contributed by atoms with Crippen LogP contribution >= 0.6 is 23.2 Å². The molecule has 2 aromatic rings. The van der Waals surface area contributed by atoms with Crippen molar-refractivity contribution in [2.24, 2.45) is 0 Å². The SMILES string of the molecule is CC(Oc1ccc(Cl)cc1Cl)C(=O)N1CCCN(c2ccc(C#N)cc2)CC1. The van der Waals surface area contributed by atoms with E-state index in [1.54, 1.807) is 25.1 Å². The van der Waals surface area contributed by atoms with Crippen molar-refractivity contribution in [2.75, 3.05) is 31.1 Å². The van der Waals surface area contributed by atoms with Gasteiger partial charge in [-0.1, -0.05) is 23.2 Å². The van der Waals surface area contributed by atoms with Crippen LogP contribution in [0, 0.1) is 11.3 Å². The lowest BCUT2D eigenvalue weighted by atomic mass is 10.2. The van der Waals surface area contributed by atoms with Gasteiger partial charge in [-0.2, -0.15) is 5.26 Å². The van der Waals surface area contributed by atoms with Gasteiger partial charge in [0.05, 0.1) is 16.7 Å². The number of hydrogen-bond acceptors (Lipinski definition) is 4. The van der Waals surface area contributed by atoms with Gasteiger partial charge in [0, 0.05) is 36.9 Å². The third-order valence-corrected chi connectivity index (χ3v) is 5.25. The summed E-state index contributed by atoms with van der Waals surface area (Å²) in [6, 6.07) is 14.6. The summed E-state index contributed by atoms with van der Waals surface area (Å²) in [7, 11) is 0. The van der Waals surface area contributed by atoms with Crippen molar-refractivity contribution in [3.63, 3.8) is 0 Å². The van der Waals surface area contributed by atoms with E-state index in [0.717, 1.165) is 25.2 Å². The maximum Gasteiger partial charge on any atom is 0.263 e. The second-order valence-electron chi connectivity index (χ2n) is 6.66. The Bertz CT molecular complexity index is 880. The molecule has 0 radical (unpaired) electrons. The van der Waals surface area contributed by atoms with Gasteiger partial charge < -0.3 is 14.5 Å². The summed E-state index contributed by atoms with van der Waals surface area (Å²) < 4.78 is 5.77. The molecule has 0 saturated carbocycles. The second-order valence-corrected chi connectivity index (χ2v) is 7.50. The Labute approximate surface area is 175 Å². The number of anilines is 1. The van der Waals surface area contributed by atoms with Crippen LogP contribution in [0.25, 0.3) is 0 Å². The maximum atomic E-state index is 12.8. The van der Waals surface area contributed by atoms with Crippen molar-refractivity contribution in [1.29, 1.82) is 5.26 Å². The zero-order valence-electron chi connectivity index (χ0n) is 15.6. The van der Waals surface area contributed by atoms with E-state index in [0.29, 0.717) is 34.4 Å². The lowest BCUT2D eigenvalue weighted by Crippen LogP contribution is -2.42. The molecule has 0 spiro atoms. The Morgan fingerprint density at radius 3 is 2.54 bits per heavy atom. The number of carbonyl (C=O) groups is 1. The smallest absolute Gasteiger partial charge is 0.263 e. The Hall–Kier alpha value is -2.42. The molecular weight excluding hydrogens is 397 g/mol. The van der Waals surface area contributed by atoms with Crippen LogP contribution in [0.4, 0.5) is 5.69 Å². The fourth-order valence-electron chi connectivity index (χ4n) is 3.21. The van der Waals surface area contributed by atoms with E-state index in [2.05, 4.69) is 11.0 Å². The summed E-state index contributed by atoms with van der Waals surface area (Å²) in [6.45, 7) is 4.60. The minimum Gasteiger partial charge on any atom is -0.479 e. The largest absolute Gasteiger partial charge is 0.479 e. The van der Waals surface area contributed by atoms with Gasteiger partial charge in [-0.05, 0) is 55.8 Å². The van der Waals surface area contributed by atoms with Crippen molar-refractivity contribution < 1.29 is 9.53 Å². The quantitative estimate of drug-likeness (QED) is 0.740. The molecule has 0 bridgehead atoms. The predicted molar refractivity (Wildman–Crippen MR) is 111 cm³/mol. The van der Waals surface area contributed by atoms with Gasteiger partial charge in [-0.15, -0.1) is 0 Å². The number of rotatable bonds is 4. The molecule has 0 aliphatic carbocycles. The van der Waals surface area contributed by atoms with Gasteiger partial charge >= 0.3 is 0 Å². The third-order valence-electron chi connectivity index (χ3n) is 4.71. The lowest BCUT2D eigenvalue weighted by molar-refractivity contribution is -0.137. The molecular formula is C21H21Cl2N3O2. The number of carbonyl (C=O) groups excluding carboxylic acids is 1. The molecule has 1 amide bonds. The van der Waals surface area contributed by atoms with E-state index in [9.17, 15) is 4.79 Å². The molecule has 1 heterocycles. The molecule has 1 atom stereocenters. The minimum absolute atomic E-state index is 0.0623. The molecule has 1 aliphatic rings. The highest BCUT2D eigenvalue weighted by Gasteiger charge is 2.25. The van der Waals surface area contributed by atoms with Crippen LogP contribution in [0.3, 0.4) is 0 Å². The lowest BCUT2D eigenvalue weighted by Gasteiger charge is -2.26. The van der Waals surface area contributed by atoms with Gasteiger partial charge in [-0.3, -0.25) is 4.79 Å². The first-order valence-electron chi connectivity index (χ1n) is 9.13. The molecule has 0 aromatic heterocycles. The molecule has 146 valence electrons. The standard InChI is InChI=1S/C21H21Cl2N3O2/c1-15(28-20-8-5-17(22)13-19(20)23)21(27)26-10-2-9-25(11-12-26)18-6-3-16(14-24)4-7-18/h3-8,13,15H,2,9-12H2,1H3. The molecule has 2 aromatic carbocycles. The average Bonchev–Trinajstić information content (AvgIpc) is 2.96. The number of benzene rings is 2. The molecule has 7 heteroatoms. The summed E-state index contributed by atoms with van der Waals surface area (Å²) in [5, 5.41) is 9.84. The average molecular weight is 418 g/mol. The topological polar surface area (TPSA) is 56.6 Å². The summed E-state index contributed by atoms with van der Waals surface area (Å²) in [5.41, 5.74) is 1.70. The Morgan fingerprint density at radius 1 is 1.11 bits per heavy atom. The van der Waals surface area contributed by atoms with Crippen LogP contribution in [0.5, 0.6) is 5.75 Å². The monoisotopic (exact) mass is 417 g/mol. The number of hydrogen-bond donors (Lipinski definition) is 0. The molecule has 3 rings (SSSR count). The van der Waals surface area contributed by atoms with Crippen molar-refractivity contribution in [2.45, 2.75) is 19.4 Å². The first-order chi connectivity index (χ1) is 13.5. The van der Waals surface area contributed by atoms with Crippen molar-refractivity contribution in [3.8, 4) is 11.8 Å². The Morgan fingerprint density at radius 2 is 1.86 bits per heavy atom. The molecule has 1 saturated heterocycles. The van der Waals surface area contributed by atoms with Crippen molar-refractivity contribution in [1.82, 2.24) is 4.90 Å². The van der Waals surface area contributed by atoms with Gasteiger partial charge in [0.15, 0.2) is 6.10 Å². The van der Waals surface area contributed by atoms with Gasteiger partial charge in [0.25, 0.3) is 5.91 Å². The van der Waals surface area contributed by atoms with Crippen LogP contribution < -0.4 is 9.64 Å². The third kappa shape index (κ3) is 4.89. The number of nitriles is 1. The summed E-state index contributed by atoms with van der Waals surface area (Å²) in [4.78, 5) is 16.9. The predicted octanol–water partition coefficient (Wildman–Crippen LogP) is 4.37. The molecule has 28 heavy (non-hydrogen) atoms. The summed E-state index contributed by atoms with van der Waals surface area (Å²) in [6.07, 6.45) is 0.223. The highest BCUT2D eigenvalue weighted by molar-refractivity contribution is 6.35. The van der Waals surface area contributed by atoms with E-state index in [-0.39, 0.29) is 5.91 Å². The fraction of sp³-hybridized carbons (Fsp3) is 0.333. The first kappa shape index (κ1) is 20.3.